The van der Waals surface area contributed by atoms with Gasteiger partial charge in [-0.15, -0.1) is 11.3 Å². The van der Waals surface area contributed by atoms with Crippen molar-refractivity contribution < 1.29 is 32.3 Å². The first-order valence-corrected chi connectivity index (χ1v) is 14.2. The quantitative estimate of drug-likeness (QED) is 0.416. The van der Waals surface area contributed by atoms with Crippen molar-refractivity contribution in [1.82, 2.24) is 8.87 Å². The monoisotopic (exact) mass is 571 g/mol. The van der Waals surface area contributed by atoms with Gasteiger partial charge in [-0.3, -0.25) is 9.59 Å². The van der Waals surface area contributed by atoms with Gasteiger partial charge in [0.15, 0.2) is 4.80 Å². The zero-order valence-electron chi connectivity index (χ0n) is 19.3. The van der Waals surface area contributed by atoms with Gasteiger partial charge in [0, 0.05) is 6.54 Å². The highest BCUT2D eigenvalue weighted by Crippen LogP contribution is 2.32. The summed E-state index contributed by atoms with van der Waals surface area (Å²) in [5.74, 6) is -1.73. The van der Waals surface area contributed by atoms with Crippen molar-refractivity contribution in [3.63, 3.8) is 0 Å². The van der Waals surface area contributed by atoms with E-state index < -0.39 is 33.9 Å². The Kier molecular flexibility index (Phi) is 7.95. The second-order valence-corrected chi connectivity index (χ2v) is 12.7. The largest absolute Gasteiger partial charge is 0.468 e. The number of carbonyl (C=O) groups is 3. The number of ether oxygens (including phenoxy) is 2. The van der Waals surface area contributed by atoms with Crippen LogP contribution in [0.2, 0.25) is 4.34 Å². The Bertz CT molecular complexity index is 1510. The molecule has 1 aromatic carbocycles. The first kappa shape index (κ1) is 26.5. The molecule has 1 atom stereocenters. The fourth-order valence-electron chi connectivity index (χ4n) is 3.91. The van der Waals surface area contributed by atoms with E-state index in [1.807, 2.05) is 0 Å². The van der Waals surface area contributed by atoms with Crippen LogP contribution in [0.1, 0.15) is 29.6 Å². The minimum Gasteiger partial charge on any atom is -0.468 e. The molecule has 0 aliphatic carbocycles. The second kappa shape index (κ2) is 10.8. The predicted molar refractivity (Wildman–Crippen MR) is 135 cm³/mol. The molecule has 0 spiro atoms. The highest BCUT2D eigenvalue weighted by Gasteiger charge is 2.38. The summed E-state index contributed by atoms with van der Waals surface area (Å²) in [6.07, 6.45) is 1.60. The summed E-state index contributed by atoms with van der Waals surface area (Å²) < 4.78 is 39.8. The molecule has 3 aromatic rings. The molecule has 1 aliphatic heterocycles. The number of esters is 2. The number of halogens is 1. The van der Waals surface area contributed by atoms with Gasteiger partial charge in [-0.2, -0.15) is 9.30 Å². The van der Waals surface area contributed by atoms with Crippen LogP contribution < -0.4 is 4.80 Å². The number of amides is 1. The zero-order chi connectivity index (χ0) is 26.0. The summed E-state index contributed by atoms with van der Waals surface area (Å²) >= 11 is 7.97. The molecule has 10 nitrogen and oxygen atoms in total. The summed E-state index contributed by atoms with van der Waals surface area (Å²) in [7, 11) is -1.43. The lowest BCUT2D eigenvalue weighted by Gasteiger charge is -2.31. The van der Waals surface area contributed by atoms with Crippen LogP contribution in [0.5, 0.6) is 0 Å². The van der Waals surface area contributed by atoms with Gasteiger partial charge in [0.1, 0.15) is 16.8 Å². The smallest absolute Gasteiger partial charge is 0.337 e. The predicted octanol–water partition coefficient (Wildman–Crippen LogP) is 3.05. The number of aromatic nitrogens is 1. The number of sulfonamides is 1. The first-order chi connectivity index (χ1) is 17.1. The molecule has 0 N–H and O–H groups in total. The Labute approximate surface area is 219 Å². The van der Waals surface area contributed by atoms with Crippen LogP contribution in [0.3, 0.4) is 0 Å². The molecule has 1 amide bonds. The highest BCUT2D eigenvalue weighted by molar-refractivity contribution is 7.91. The SMILES string of the molecule is COC(=O)Cn1c(=NC(=O)C2CCCCN2S(=O)(=O)c2ccc(Cl)s2)sc2cc(C(=O)OC)ccc21. The van der Waals surface area contributed by atoms with E-state index in [1.165, 1.54) is 35.2 Å². The van der Waals surface area contributed by atoms with E-state index in [2.05, 4.69) is 4.99 Å². The minimum absolute atomic E-state index is 0.0603. The van der Waals surface area contributed by atoms with Gasteiger partial charge in [0.05, 0.1) is 34.3 Å². The van der Waals surface area contributed by atoms with Crippen molar-refractivity contribution in [1.29, 1.82) is 0 Å². The summed E-state index contributed by atoms with van der Waals surface area (Å²) in [4.78, 5) is 41.9. The number of thiazole rings is 1. The van der Waals surface area contributed by atoms with Gasteiger partial charge in [0.2, 0.25) is 0 Å². The van der Waals surface area contributed by atoms with Gasteiger partial charge in [0.25, 0.3) is 15.9 Å². The highest BCUT2D eigenvalue weighted by atomic mass is 35.5. The molecular weight excluding hydrogens is 550 g/mol. The zero-order valence-corrected chi connectivity index (χ0v) is 22.5. The fourth-order valence-corrected chi connectivity index (χ4v) is 8.25. The van der Waals surface area contributed by atoms with E-state index in [4.69, 9.17) is 21.1 Å². The summed E-state index contributed by atoms with van der Waals surface area (Å²) in [6, 6.07) is 6.68. The molecule has 0 saturated carbocycles. The van der Waals surface area contributed by atoms with Crippen molar-refractivity contribution in [3.8, 4) is 0 Å². The Hall–Kier alpha value is -2.58. The van der Waals surface area contributed by atoms with Gasteiger partial charge in [-0.25, -0.2) is 13.2 Å². The van der Waals surface area contributed by atoms with Crippen molar-refractivity contribution in [3.05, 3.63) is 45.0 Å². The lowest BCUT2D eigenvalue weighted by atomic mass is 10.0. The van der Waals surface area contributed by atoms with Crippen LogP contribution in [-0.2, 0) is 35.6 Å². The lowest BCUT2D eigenvalue weighted by molar-refractivity contribution is -0.141. The molecular formula is C22H22ClN3O7S3. The van der Waals surface area contributed by atoms with E-state index in [0.29, 0.717) is 39.4 Å². The van der Waals surface area contributed by atoms with Crippen molar-refractivity contribution in [2.24, 2.45) is 4.99 Å². The van der Waals surface area contributed by atoms with E-state index in [0.717, 1.165) is 22.7 Å². The van der Waals surface area contributed by atoms with Crippen LogP contribution in [0.4, 0.5) is 0 Å². The maximum atomic E-state index is 13.4. The first-order valence-electron chi connectivity index (χ1n) is 10.8. The number of fused-ring (bicyclic) bond motifs is 1. The molecule has 1 unspecified atom stereocenters. The van der Waals surface area contributed by atoms with Crippen LogP contribution in [-0.4, -0.2) is 61.9 Å². The molecule has 3 heterocycles. The topological polar surface area (TPSA) is 124 Å². The summed E-state index contributed by atoms with van der Waals surface area (Å²) in [5, 5.41) is 0. The Morgan fingerprint density at radius 2 is 1.89 bits per heavy atom. The van der Waals surface area contributed by atoms with Gasteiger partial charge in [-0.05, 0) is 43.2 Å². The molecule has 4 rings (SSSR count). The molecule has 1 aliphatic rings. The lowest BCUT2D eigenvalue weighted by Crippen LogP contribution is -2.47. The molecule has 14 heteroatoms. The number of methoxy groups -OCH3 is 2. The molecule has 0 radical (unpaired) electrons. The van der Waals surface area contributed by atoms with Crippen LogP contribution >= 0.6 is 34.3 Å². The number of thiophene rings is 1. The number of hydrogen-bond acceptors (Lipinski definition) is 9. The van der Waals surface area contributed by atoms with Crippen molar-refractivity contribution >= 4 is 72.4 Å². The number of hydrogen-bond donors (Lipinski definition) is 0. The molecule has 1 fully saturated rings. The third kappa shape index (κ3) is 5.25. The average Bonchev–Trinajstić information content (AvgIpc) is 3.46. The summed E-state index contributed by atoms with van der Waals surface area (Å²) in [6.45, 7) is -0.0403. The summed E-state index contributed by atoms with van der Waals surface area (Å²) in [5.41, 5.74) is 0.861. The number of rotatable bonds is 6. The Balaban J connectivity index is 1.77. The number of piperidine rings is 1. The van der Waals surface area contributed by atoms with E-state index in [9.17, 15) is 22.8 Å². The van der Waals surface area contributed by atoms with Crippen molar-refractivity contribution in [2.45, 2.75) is 36.1 Å². The number of benzene rings is 1. The maximum Gasteiger partial charge on any atom is 0.337 e. The van der Waals surface area contributed by atoms with Gasteiger partial charge in [-0.1, -0.05) is 29.4 Å². The average molecular weight is 572 g/mol. The molecule has 0 bridgehead atoms. The van der Waals surface area contributed by atoms with Gasteiger partial charge >= 0.3 is 11.9 Å². The van der Waals surface area contributed by atoms with E-state index >= 15 is 0 Å². The molecule has 2 aromatic heterocycles. The third-order valence-corrected chi connectivity index (χ3v) is 10.3. The molecule has 192 valence electrons. The van der Waals surface area contributed by atoms with Crippen molar-refractivity contribution in [2.75, 3.05) is 20.8 Å². The molecule has 36 heavy (non-hydrogen) atoms. The van der Waals surface area contributed by atoms with E-state index in [1.54, 1.807) is 18.2 Å². The molecule has 1 saturated heterocycles. The fraction of sp³-hybridized carbons (Fsp3) is 0.364. The van der Waals surface area contributed by atoms with Gasteiger partial charge < -0.3 is 14.0 Å². The van der Waals surface area contributed by atoms with Crippen LogP contribution in [0, 0.1) is 0 Å². The Morgan fingerprint density at radius 3 is 2.56 bits per heavy atom. The standard InChI is InChI=1S/C22H22ClN3O7S3/c1-32-18(27)12-25-14-7-6-13(21(29)33-2)11-16(14)34-22(25)24-20(28)15-5-3-4-10-26(15)36(30,31)19-9-8-17(23)35-19/h6-9,11,15H,3-5,10,12H2,1-2H3. The Morgan fingerprint density at radius 1 is 1.11 bits per heavy atom. The number of nitrogens with zero attached hydrogens (tertiary/aromatic N) is 3. The maximum absolute atomic E-state index is 13.4. The third-order valence-electron chi connectivity index (χ3n) is 5.67. The van der Waals surface area contributed by atoms with Crippen LogP contribution in [0.25, 0.3) is 10.2 Å². The van der Waals surface area contributed by atoms with E-state index in [-0.39, 0.29) is 22.1 Å². The minimum atomic E-state index is -3.95. The second-order valence-electron chi connectivity index (χ2n) is 7.86. The number of carbonyl (C=O) groups excluding carboxylic acids is 3. The normalized spacial score (nSPS) is 17.3. The van der Waals surface area contributed by atoms with Crippen LogP contribution in [0.15, 0.2) is 39.5 Å².